The highest BCUT2D eigenvalue weighted by atomic mass is 32.2. The number of benzene rings is 1. The SMILES string of the molecule is CN=C(NCc1cccc(OCCN(C)C)c1)NC(C)CCS(C)(=O)=O. The first-order valence-corrected chi connectivity index (χ1v) is 10.8. The minimum atomic E-state index is -2.95. The number of aliphatic imine (C=N–C) groups is 1. The summed E-state index contributed by atoms with van der Waals surface area (Å²) in [6, 6.07) is 7.94. The van der Waals surface area contributed by atoms with Crippen molar-refractivity contribution in [1.82, 2.24) is 15.5 Å². The molecule has 1 atom stereocenters. The zero-order valence-corrected chi connectivity index (χ0v) is 17.3. The molecule has 148 valence electrons. The van der Waals surface area contributed by atoms with Crippen molar-refractivity contribution in [1.29, 1.82) is 0 Å². The average molecular weight is 385 g/mol. The number of guanidine groups is 1. The van der Waals surface area contributed by atoms with E-state index < -0.39 is 9.84 Å². The van der Waals surface area contributed by atoms with Crippen molar-refractivity contribution in [2.24, 2.45) is 4.99 Å². The molecule has 0 aliphatic heterocycles. The molecule has 0 spiro atoms. The van der Waals surface area contributed by atoms with Crippen molar-refractivity contribution in [3.63, 3.8) is 0 Å². The zero-order valence-electron chi connectivity index (χ0n) is 16.4. The van der Waals surface area contributed by atoms with Gasteiger partial charge in [0.25, 0.3) is 0 Å². The Hall–Kier alpha value is -1.80. The minimum absolute atomic E-state index is 0.0108. The summed E-state index contributed by atoms with van der Waals surface area (Å²) in [6.07, 6.45) is 1.79. The third-order valence-electron chi connectivity index (χ3n) is 3.69. The van der Waals surface area contributed by atoms with E-state index in [9.17, 15) is 8.42 Å². The maximum absolute atomic E-state index is 11.3. The van der Waals surface area contributed by atoms with Crippen molar-refractivity contribution < 1.29 is 13.2 Å². The van der Waals surface area contributed by atoms with Crippen molar-refractivity contribution in [3.05, 3.63) is 29.8 Å². The van der Waals surface area contributed by atoms with Crippen LogP contribution in [-0.2, 0) is 16.4 Å². The zero-order chi connectivity index (χ0) is 19.6. The second-order valence-corrected chi connectivity index (χ2v) is 8.95. The van der Waals surface area contributed by atoms with E-state index in [1.165, 1.54) is 6.26 Å². The summed E-state index contributed by atoms with van der Waals surface area (Å²) >= 11 is 0. The largest absolute Gasteiger partial charge is 0.492 e. The molecule has 0 amide bonds. The van der Waals surface area contributed by atoms with Gasteiger partial charge in [0.05, 0.1) is 5.75 Å². The Morgan fingerprint density at radius 2 is 2.08 bits per heavy atom. The van der Waals surface area contributed by atoms with Crippen LogP contribution < -0.4 is 15.4 Å². The third-order valence-corrected chi connectivity index (χ3v) is 4.67. The second-order valence-electron chi connectivity index (χ2n) is 6.69. The molecule has 0 saturated heterocycles. The lowest BCUT2D eigenvalue weighted by Crippen LogP contribution is -2.42. The molecular formula is C18H32N4O3S. The molecular weight excluding hydrogens is 352 g/mol. The monoisotopic (exact) mass is 384 g/mol. The normalized spacial score (nSPS) is 13.5. The van der Waals surface area contributed by atoms with E-state index in [-0.39, 0.29) is 11.8 Å². The first-order chi connectivity index (χ1) is 12.2. The number of likely N-dealkylation sites (N-methyl/N-ethyl adjacent to an activating group) is 1. The van der Waals surface area contributed by atoms with Gasteiger partial charge in [-0.3, -0.25) is 4.99 Å². The molecule has 0 bridgehead atoms. The van der Waals surface area contributed by atoms with Crippen LogP contribution in [0.3, 0.4) is 0 Å². The summed E-state index contributed by atoms with van der Waals surface area (Å²) in [5, 5.41) is 6.45. The molecule has 0 aromatic heterocycles. The lowest BCUT2D eigenvalue weighted by Gasteiger charge is -2.18. The van der Waals surface area contributed by atoms with Gasteiger partial charge in [0, 0.05) is 32.4 Å². The van der Waals surface area contributed by atoms with Gasteiger partial charge in [-0.2, -0.15) is 0 Å². The summed E-state index contributed by atoms with van der Waals surface area (Å²) in [4.78, 5) is 6.26. The molecule has 26 heavy (non-hydrogen) atoms. The fraction of sp³-hybridized carbons (Fsp3) is 0.611. The Bertz CT molecular complexity index is 675. The Morgan fingerprint density at radius 3 is 2.69 bits per heavy atom. The molecule has 8 heteroatoms. The molecule has 0 saturated carbocycles. The summed E-state index contributed by atoms with van der Waals surface area (Å²) in [7, 11) is 2.77. The standard InChI is InChI=1S/C18H32N4O3S/c1-15(9-12-26(5,23)24)21-18(19-2)20-14-16-7-6-8-17(13-16)25-11-10-22(3)4/h6-8,13,15H,9-12,14H2,1-5H3,(H2,19,20,21). The summed E-state index contributed by atoms with van der Waals surface area (Å²) in [5.74, 6) is 1.64. The molecule has 0 fully saturated rings. The maximum Gasteiger partial charge on any atom is 0.191 e. The van der Waals surface area contributed by atoms with Gasteiger partial charge in [-0.15, -0.1) is 0 Å². The smallest absolute Gasteiger partial charge is 0.191 e. The topological polar surface area (TPSA) is 83.0 Å². The number of hydrogen-bond donors (Lipinski definition) is 2. The molecule has 1 rings (SSSR count). The van der Waals surface area contributed by atoms with Gasteiger partial charge in [0.2, 0.25) is 0 Å². The molecule has 2 N–H and O–H groups in total. The first kappa shape index (κ1) is 22.2. The van der Waals surface area contributed by atoms with Crippen LogP contribution in [0.4, 0.5) is 0 Å². The van der Waals surface area contributed by atoms with Crippen LogP contribution in [0.1, 0.15) is 18.9 Å². The summed E-state index contributed by atoms with van der Waals surface area (Å²) < 4.78 is 28.3. The predicted molar refractivity (Wildman–Crippen MR) is 108 cm³/mol. The highest BCUT2D eigenvalue weighted by Crippen LogP contribution is 2.13. The number of sulfone groups is 1. The van der Waals surface area contributed by atoms with Gasteiger partial charge in [0.1, 0.15) is 22.2 Å². The Balaban J connectivity index is 2.48. The summed E-state index contributed by atoms with van der Waals surface area (Å²) in [6.45, 7) is 4.05. The lowest BCUT2D eigenvalue weighted by molar-refractivity contribution is 0.261. The van der Waals surface area contributed by atoms with E-state index in [1.807, 2.05) is 45.3 Å². The number of nitrogens with zero attached hydrogens (tertiary/aromatic N) is 2. The van der Waals surface area contributed by atoms with E-state index in [0.29, 0.717) is 25.5 Å². The Morgan fingerprint density at radius 1 is 1.35 bits per heavy atom. The molecule has 1 unspecified atom stereocenters. The van der Waals surface area contributed by atoms with Crippen LogP contribution in [0.25, 0.3) is 0 Å². The molecule has 1 aromatic carbocycles. The molecule has 0 radical (unpaired) electrons. The predicted octanol–water partition coefficient (Wildman–Crippen LogP) is 1.12. The van der Waals surface area contributed by atoms with E-state index in [0.717, 1.165) is 17.9 Å². The van der Waals surface area contributed by atoms with Crippen molar-refractivity contribution in [2.75, 3.05) is 46.3 Å². The Kier molecular flexibility index (Phi) is 9.43. The van der Waals surface area contributed by atoms with Crippen LogP contribution >= 0.6 is 0 Å². The fourth-order valence-corrected chi connectivity index (χ4v) is 2.95. The van der Waals surface area contributed by atoms with Crippen molar-refractivity contribution in [3.8, 4) is 5.75 Å². The summed E-state index contributed by atoms with van der Waals surface area (Å²) in [5.41, 5.74) is 1.08. The average Bonchev–Trinajstić information content (AvgIpc) is 2.56. The van der Waals surface area contributed by atoms with Crippen LogP contribution in [0.2, 0.25) is 0 Å². The van der Waals surface area contributed by atoms with Gasteiger partial charge in [0.15, 0.2) is 5.96 Å². The first-order valence-electron chi connectivity index (χ1n) is 8.71. The molecule has 0 aliphatic rings. The Labute approximate surface area is 157 Å². The van der Waals surface area contributed by atoms with E-state index >= 15 is 0 Å². The maximum atomic E-state index is 11.3. The highest BCUT2D eigenvalue weighted by molar-refractivity contribution is 7.90. The van der Waals surface area contributed by atoms with Crippen LogP contribution in [0.15, 0.2) is 29.3 Å². The molecule has 0 heterocycles. The van der Waals surface area contributed by atoms with Crippen LogP contribution in [0.5, 0.6) is 5.75 Å². The van der Waals surface area contributed by atoms with Gasteiger partial charge in [-0.05, 0) is 45.1 Å². The molecule has 1 aromatic rings. The quantitative estimate of drug-likeness (QED) is 0.465. The minimum Gasteiger partial charge on any atom is -0.492 e. The number of hydrogen-bond acceptors (Lipinski definition) is 5. The second kappa shape index (κ2) is 11.0. The van der Waals surface area contributed by atoms with Gasteiger partial charge >= 0.3 is 0 Å². The van der Waals surface area contributed by atoms with Gasteiger partial charge < -0.3 is 20.3 Å². The number of nitrogens with one attached hydrogen (secondary N) is 2. The highest BCUT2D eigenvalue weighted by Gasteiger charge is 2.09. The fourth-order valence-electron chi connectivity index (χ4n) is 2.17. The van der Waals surface area contributed by atoms with Crippen molar-refractivity contribution >= 4 is 15.8 Å². The lowest BCUT2D eigenvalue weighted by atomic mass is 10.2. The van der Waals surface area contributed by atoms with E-state index in [2.05, 4.69) is 20.5 Å². The number of ether oxygens (including phenoxy) is 1. The van der Waals surface area contributed by atoms with Gasteiger partial charge in [-0.1, -0.05) is 12.1 Å². The number of rotatable bonds is 10. The van der Waals surface area contributed by atoms with E-state index in [4.69, 9.17) is 4.74 Å². The van der Waals surface area contributed by atoms with Crippen LogP contribution in [0, 0.1) is 0 Å². The van der Waals surface area contributed by atoms with E-state index in [1.54, 1.807) is 7.05 Å². The van der Waals surface area contributed by atoms with Gasteiger partial charge in [-0.25, -0.2) is 8.42 Å². The molecule has 0 aliphatic carbocycles. The van der Waals surface area contributed by atoms with Crippen LogP contribution in [-0.4, -0.2) is 71.6 Å². The third kappa shape index (κ3) is 10.2. The van der Waals surface area contributed by atoms with Crippen molar-refractivity contribution in [2.45, 2.75) is 25.9 Å². The molecule has 7 nitrogen and oxygen atoms in total.